The zero-order valence-corrected chi connectivity index (χ0v) is 12.2. The smallest absolute Gasteiger partial charge is 0.224 e. The lowest BCUT2D eigenvalue weighted by Crippen LogP contribution is -1.93. The van der Waals surface area contributed by atoms with Crippen LogP contribution in [0, 0.1) is 6.92 Å². The first-order chi connectivity index (χ1) is 10.2. The molecule has 4 heteroatoms. The van der Waals surface area contributed by atoms with Crippen LogP contribution in [0.2, 0.25) is 5.15 Å². The van der Waals surface area contributed by atoms with E-state index in [9.17, 15) is 0 Å². The first-order valence-electron chi connectivity index (χ1n) is 6.55. The van der Waals surface area contributed by atoms with E-state index in [1.54, 1.807) is 13.0 Å². The molecule has 3 aromatic rings. The van der Waals surface area contributed by atoms with Gasteiger partial charge in [-0.3, -0.25) is 0 Å². The van der Waals surface area contributed by atoms with Gasteiger partial charge in [-0.25, -0.2) is 4.98 Å². The summed E-state index contributed by atoms with van der Waals surface area (Å²) in [4.78, 5) is 8.20. The van der Waals surface area contributed by atoms with Gasteiger partial charge in [-0.1, -0.05) is 54.1 Å². The van der Waals surface area contributed by atoms with E-state index in [-0.39, 0.29) is 0 Å². The number of nitrogens with zero attached hydrogens (tertiary/aromatic N) is 2. The first kappa shape index (κ1) is 13.6. The molecule has 1 aromatic heterocycles. The van der Waals surface area contributed by atoms with E-state index >= 15 is 0 Å². The van der Waals surface area contributed by atoms with Crippen molar-refractivity contribution in [3.63, 3.8) is 0 Å². The Labute approximate surface area is 128 Å². The molecule has 1 heterocycles. The third kappa shape index (κ3) is 3.38. The second-order valence-corrected chi connectivity index (χ2v) is 4.96. The van der Waals surface area contributed by atoms with E-state index in [2.05, 4.69) is 22.1 Å². The minimum Gasteiger partial charge on any atom is -0.439 e. The maximum atomic E-state index is 5.89. The van der Waals surface area contributed by atoms with Gasteiger partial charge in [0.25, 0.3) is 0 Å². The van der Waals surface area contributed by atoms with E-state index in [1.807, 2.05) is 42.5 Å². The number of halogens is 1. The van der Waals surface area contributed by atoms with Crippen molar-refractivity contribution >= 4 is 11.6 Å². The predicted molar refractivity (Wildman–Crippen MR) is 83.7 cm³/mol. The zero-order valence-electron chi connectivity index (χ0n) is 11.5. The van der Waals surface area contributed by atoms with E-state index < -0.39 is 0 Å². The monoisotopic (exact) mass is 296 g/mol. The molecule has 0 atom stereocenters. The summed E-state index contributed by atoms with van der Waals surface area (Å²) < 4.78 is 5.70. The SMILES string of the molecule is Cc1nc(Cl)cc(Oc2ccc(-c3ccccc3)cc2)n1. The lowest BCUT2D eigenvalue weighted by Gasteiger charge is -2.07. The molecule has 0 spiro atoms. The summed E-state index contributed by atoms with van der Waals surface area (Å²) >= 11 is 5.89. The highest BCUT2D eigenvalue weighted by atomic mass is 35.5. The highest BCUT2D eigenvalue weighted by Gasteiger charge is 2.03. The Balaban J connectivity index is 1.81. The average molecular weight is 297 g/mol. The van der Waals surface area contributed by atoms with Gasteiger partial charge < -0.3 is 4.74 Å². The van der Waals surface area contributed by atoms with E-state index in [0.717, 1.165) is 5.56 Å². The zero-order chi connectivity index (χ0) is 14.7. The quantitative estimate of drug-likeness (QED) is 0.645. The van der Waals surface area contributed by atoms with Crippen molar-refractivity contribution in [2.45, 2.75) is 6.92 Å². The summed E-state index contributed by atoms with van der Waals surface area (Å²) in [5.41, 5.74) is 2.31. The Hall–Kier alpha value is -2.39. The van der Waals surface area contributed by atoms with Crippen molar-refractivity contribution in [1.82, 2.24) is 9.97 Å². The molecule has 0 radical (unpaired) electrons. The van der Waals surface area contributed by atoms with Crippen LogP contribution in [0.25, 0.3) is 11.1 Å². The molecule has 2 aromatic carbocycles. The van der Waals surface area contributed by atoms with Gasteiger partial charge in [0.15, 0.2) is 0 Å². The number of benzene rings is 2. The Morgan fingerprint density at radius 2 is 1.52 bits per heavy atom. The molecule has 0 aliphatic carbocycles. The van der Waals surface area contributed by atoms with Crippen molar-refractivity contribution in [3.8, 4) is 22.8 Å². The van der Waals surface area contributed by atoms with Gasteiger partial charge in [-0.15, -0.1) is 0 Å². The van der Waals surface area contributed by atoms with Gasteiger partial charge in [-0.05, 0) is 30.2 Å². The topological polar surface area (TPSA) is 35.0 Å². The Morgan fingerprint density at radius 3 is 2.19 bits per heavy atom. The molecule has 21 heavy (non-hydrogen) atoms. The molecule has 0 unspecified atom stereocenters. The molecule has 3 rings (SSSR count). The normalized spacial score (nSPS) is 10.4. The van der Waals surface area contributed by atoms with E-state index in [4.69, 9.17) is 16.3 Å². The van der Waals surface area contributed by atoms with E-state index in [0.29, 0.717) is 22.6 Å². The number of aryl methyl sites for hydroxylation is 1. The Bertz CT molecular complexity index is 722. The first-order valence-corrected chi connectivity index (χ1v) is 6.93. The summed E-state index contributed by atoms with van der Waals surface area (Å²) in [6.45, 7) is 1.78. The Kier molecular flexibility index (Phi) is 3.84. The molecular formula is C17H13ClN2O. The molecule has 3 nitrogen and oxygen atoms in total. The van der Waals surface area contributed by atoms with Crippen LogP contribution in [0.15, 0.2) is 60.7 Å². The molecule has 0 aliphatic heterocycles. The highest BCUT2D eigenvalue weighted by molar-refractivity contribution is 6.29. The third-order valence-electron chi connectivity index (χ3n) is 2.97. The van der Waals surface area contributed by atoms with Gasteiger partial charge in [0, 0.05) is 6.07 Å². The van der Waals surface area contributed by atoms with Crippen molar-refractivity contribution < 1.29 is 4.74 Å². The number of hydrogen-bond donors (Lipinski definition) is 0. The van der Waals surface area contributed by atoms with Crippen molar-refractivity contribution in [2.75, 3.05) is 0 Å². The third-order valence-corrected chi connectivity index (χ3v) is 3.16. The van der Waals surface area contributed by atoms with Gasteiger partial charge in [0.05, 0.1) is 0 Å². The summed E-state index contributed by atoms with van der Waals surface area (Å²) in [7, 11) is 0. The minimum absolute atomic E-state index is 0.374. The second-order valence-electron chi connectivity index (χ2n) is 4.57. The molecule has 0 bridgehead atoms. The standard InChI is InChI=1S/C17H13ClN2O/c1-12-19-16(18)11-17(20-12)21-15-9-7-14(8-10-15)13-5-3-2-4-6-13/h2-11H,1H3. The number of ether oxygens (including phenoxy) is 1. The van der Waals surface area contributed by atoms with Crippen LogP contribution in [0.1, 0.15) is 5.82 Å². The van der Waals surface area contributed by atoms with Crippen LogP contribution < -0.4 is 4.74 Å². The molecule has 0 saturated heterocycles. The van der Waals surface area contributed by atoms with Crippen molar-refractivity contribution in [3.05, 3.63) is 71.6 Å². The fourth-order valence-corrected chi connectivity index (χ4v) is 2.24. The summed E-state index contributed by atoms with van der Waals surface area (Å²) in [6.07, 6.45) is 0. The van der Waals surface area contributed by atoms with Crippen LogP contribution in [0.3, 0.4) is 0 Å². The van der Waals surface area contributed by atoms with Crippen LogP contribution in [0.4, 0.5) is 0 Å². The van der Waals surface area contributed by atoms with Crippen LogP contribution in [-0.2, 0) is 0 Å². The maximum absolute atomic E-state index is 5.89. The van der Waals surface area contributed by atoms with Crippen molar-refractivity contribution in [2.24, 2.45) is 0 Å². The van der Waals surface area contributed by atoms with Crippen LogP contribution in [0.5, 0.6) is 11.6 Å². The summed E-state index contributed by atoms with van der Waals surface area (Å²) in [5.74, 6) is 1.74. The lowest BCUT2D eigenvalue weighted by molar-refractivity contribution is 0.460. The van der Waals surface area contributed by atoms with Crippen LogP contribution >= 0.6 is 11.6 Å². The molecule has 0 fully saturated rings. The fraction of sp³-hybridized carbons (Fsp3) is 0.0588. The number of rotatable bonds is 3. The highest BCUT2D eigenvalue weighted by Crippen LogP contribution is 2.25. The van der Waals surface area contributed by atoms with Gasteiger partial charge in [0.2, 0.25) is 5.88 Å². The maximum Gasteiger partial charge on any atom is 0.224 e. The molecule has 0 N–H and O–H groups in total. The van der Waals surface area contributed by atoms with Crippen molar-refractivity contribution in [1.29, 1.82) is 0 Å². The average Bonchev–Trinajstić information content (AvgIpc) is 2.48. The molecule has 0 saturated carbocycles. The summed E-state index contributed by atoms with van der Waals surface area (Å²) in [5, 5.41) is 0.374. The number of aromatic nitrogens is 2. The van der Waals surface area contributed by atoms with Gasteiger partial charge in [0.1, 0.15) is 16.7 Å². The van der Waals surface area contributed by atoms with Crippen LogP contribution in [-0.4, -0.2) is 9.97 Å². The summed E-state index contributed by atoms with van der Waals surface area (Å²) in [6, 6.07) is 19.6. The fourth-order valence-electron chi connectivity index (χ4n) is 2.02. The second kappa shape index (κ2) is 5.94. The molecule has 104 valence electrons. The lowest BCUT2D eigenvalue weighted by atomic mass is 10.1. The molecule has 0 aliphatic rings. The molecular weight excluding hydrogens is 284 g/mol. The van der Waals surface area contributed by atoms with Gasteiger partial charge >= 0.3 is 0 Å². The minimum atomic E-state index is 0.374. The molecule has 0 amide bonds. The Morgan fingerprint density at radius 1 is 0.857 bits per heavy atom. The van der Waals surface area contributed by atoms with E-state index in [1.165, 1.54) is 5.56 Å². The predicted octanol–water partition coefficient (Wildman–Crippen LogP) is 4.90. The van der Waals surface area contributed by atoms with Gasteiger partial charge in [-0.2, -0.15) is 4.98 Å². The number of hydrogen-bond acceptors (Lipinski definition) is 3. The largest absolute Gasteiger partial charge is 0.439 e.